The molecule has 1 amide bonds. The van der Waals surface area contributed by atoms with Crippen LogP contribution in [-0.4, -0.2) is 45.8 Å². The van der Waals surface area contributed by atoms with Crippen molar-refractivity contribution in [3.8, 4) is 11.4 Å². The monoisotopic (exact) mass is 328 g/mol. The van der Waals surface area contributed by atoms with Crippen molar-refractivity contribution in [3.63, 3.8) is 0 Å². The fraction of sp³-hybridized carbons (Fsp3) is 0.500. The highest BCUT2D eigenvalue weighted by atomic mass is 19.1. The van der Waals surface area contributed by atoms with Crippen molar-refractivity contribution >= 4 is 5.91 Å². The Morgan fingerprint density at radius 1 is 1.25 bits per heavy atom. The van der Waals surface area contributed by atoms with Crippen LogP contribution in [0.2, 0.25) is 0 Å². The zero-order chi connectivity index (χ0) is 16.5. The van der Waals surface area contributed by atoms with Crippen LogP contribution in [0.5, 0.6) is 0 Å². The van der Waals surface area contributed by atoms with Crippen LogP contribution in [0, 0.1) is 11.8 Å². The summed E-state index contributed by atoms with van der Waals surface area (Å²) in [6.45, 7) is 0.575. The predicted octanol–water partition coefficient (Wildman–Crippen LogP) is 2.78. The Morgan fingerprint density at radius 3 is 2.71 bits per heavy atom. The third-order valence-electron chi connectivity index (χ3n) is 5.29. The maximum absolute atomic E-state index is 13.5. The van der Waals surface area contributed by atoms with Gasteiger partial charge < -0.3 is 4.90 Å². The van der Waals surface area contributed by atoms with E-state index in [4.69, 9.17) is 0 Å². The molecule has 0 bridgehead atoms. The van der Waals surface area contributed by atoms with Crippen LogP contribution in [0.1, 0.15) is 31.0 Å². The number of H-pyrrole nitrogens is 1. The lowest BCUT2D eigenvalue weighted by Gasteiger charge is -2.29. The van der Waals surface area contributed by atoms with Crippen molar-refractivity contribution < 1.29 is 9.18 Å². The first-order valence-corrected chi connectivity index (χ1v) is 8.58. The number of nitrogens with zero attached hydrogens (tertiary/aromatic N) is 3. The average molecular weight is 328 g/mol. The first kappa shape index (κ1) is 15.3. The molecular formula is C18H21FN4O. The number of halogens is 1. The van der Waals surface area contributed by atoms with Crippen LogP contribution >= 0.6 is 0 Å². The Kier molecular flexibility index (Phi) is 4.04. The normalized spacial score (nSPS) is 24.1. The van der Waals surface area contributed by atoms with Crippen molar-refractivity contribution in [2.75, 3.05) is 19.8 Å². The van der Waals surface area contributed by atoms with Crippen molar-refractivity contribution in [3.05, 3.63) is 36.2 Å². The van der Waals surface area contributed by atoms with Gasteiger partial charge in [0.05, 0.1) is 6.67 Å². The second kappa shape index (κ2) is 6.34. The van der Waals surface area contributed by atoms with Crippen LogP contribution in [0.3, 0.4) is 0 Å². The molecule has 2 aliphatic rings. The molecular weight excluding hydrogens is 307 g/mol. The third kappa shape index (κ3) is 2.70. The number of likely N-dealkylation sites (tertiary alicyclic amines) is 1. The number of hydrogen-bond acceptors (Lipinski definition) is 3. The van der Waals surface area contributed by atoms with Gasteiger partial charge in [0.2, 0.25) is 5.91 Å². The Hall–Kier alpha value is -2.24. The second-order valence-corrected chi connectivity index (χ2v) is 6.80. The molecule has 1 N–H and O–H groups in total. The first-order valence-electron chi connectivity index (χ1n) is 8.58. The zero-order valence-electron chi connectivity index (χ0n) is 13.5. The zero-order valence-corrected chi connectivity index (χ0v) is 13.5. The lowest BCUT2D eigenvalue weighted by Crippen LogP contribution is -2.37. The summed E-state index contributed by atoms with van der Waals surface area (Å²) in [4.78, 5) is 18.8. The Labute approximate surface area is 140 Å². The number of carbonyl (C=O) groups is 1. The quantitative estimate of drug-likeness (QED) is 0.939. The largest absolute Gasteiger partial charge is 0.341 e. The van der Waals surface area contributed by atoms with Gasteiger partial charge >= 0.3 is 0 Å². The summed E-state index contributed by atoms with van der Waals surface area (Å²) in [7, 11) is 0. The van der Waals surface area contributed by atoms with Gasteiger partial charge in [0.1, 0.15) is 5.82 Å². The van der Waals surface area contributed by atoms with Crippen LogP contribution in [0.15, 0.2) is 30.3 Å². The molecule has 1 aliphatic heterocycles. The van der Waals surface area contributed by atoms with E-state index in [2.05, 4.69) is 15.2 Å². The van der Waals surface area contributed by atoms with E-state index in [1.165, 1.54) is 0 Å². The highest BCUT2D eigenvalue weighted by Gasteiger charge is 2.40. The van der Waals surface area contributed by atoms with Gasteiger partial charge in [0.15, 0.2) is 5.82 Å². The molecule has 1 aliphatic carbocycles. The Bertz CT molecular complexity index is 713. The molecule has 2 fully saturated rings. The molecule has 0 radical (unpaired) electrons. The number of amides is 1. The Morgan fingerprint density at radius 2 is 2.04 bits per heavy atom. The van der Waals surface area contributed by atoms with E-state index in [1.807, 2.05) is 35.2 Å². The van der Waals surface area contributed by atoms with Crippen molar-refractivity contribution in [2.24, 2.45) is 11.8 Å². The van der Waals surface area contributed by atoms with Crippen molar-refractivity contribution in [1.29, 1.82) is 0 Å². The van der Waals surface area contributed by atoms with E-state index in [0.29, 0.717) is 24.7 Å². The number of nitrogens with one attached hydrogen (secondary N) is 1. The van der Waals surface area contributed by atoms with Gasteiger partial charge in [-0.1, -0.05) is 36.8 Å². The lowest BCUT2D eigenvalue weighted by molar-refractivity contribution is -0.137. The van der Waals surface area contributed by atoms with Crippen LogP contribution in [0.4, 0.5) is 4.39 Å². The number of benzene rings is 1. The average Bonchev–Trinajstić information content (AvgIpc) is 3.20. The van der Waals surface area contributed by atoms with Crippen molar-refractivity contribution in [2.45, 2.75) is 25.2 Å². The van der Waals surface area contributed by atoms with Gasteiger partial charge in [-0.25, -0.2) is 4.98 Å². The predicted molar refractivity (Wildman–Crippen MR) is 87.9 cm³/mol. The van der Waals surface area contributed by atoms with Gasteiger partial charge in [0, 0.05) is 36.4 Å². The standard InChI is InChI=1S/C18H21FN4O/c19-9-14-10-23(18(24)13-7-4-8-13)11-15(14)17-20-16(21-22-17)12-5-2-1-3-6-12/h1-3,5-6,13-15H,4,7-11H2,(H,20,21,22)/t14-,15-/m1/s1. The van der Waals surface area contributed by atoms with Crippen LogP contribution in [0.25, 0.3) is 11.4 Å². The third-order valence-corrected chi connectivity index (χ3v) is 5.29. The molecule has 6 heteroatoms. The fourth-order valence-electron chi connectivity index (χ4n) is 3.59. The molecule has 24 heavy (non-hydrogen) atoms. The molecule has 2 aromatic rings. The van der Waals surface area contributed by atoms with Gasteiger partial charge in [-0.3, -0.25) is 14.3 Å². The SMILES string of the molecule is O=C(C1CCC1)N1C[C@@H](CF)[C@H](c2nc(-c3ccccc3)n[nH]2)C1. The van der Waals surface area contributed by atoms with Crippen molar-refractivity contribution in [1.82, 2.24) is 20.1 Å². The summed E-state index contributed by atoms with van der Waals surface area (Å²) in [6.07, 6.45) is 3.07. The minimum Gasteiger partial charge on any atom is -0.341 e. The summed E-state index contributed by atoms with van der Waals surface area (Å²) in [5, 5.41) is 7.23. The van der Waals surface area contributed by atoms with Gasteiger partial charge in [-0.05, 0) is 12.8 Å². The minimum atomic E-state index is -0.444. The van der Waals surface area contributed by atoms with E-state index >= 15 is 0 Å². The number of aromatic amines is 1. The molecule has 1 saturated carbocycles. The highest BCUT2D eigenvalue weighted by Crippen LogP contribution is 2.35. The Balaban J connectivity index is 1.52. The molecule has 1 aromatic heterocycles. The molecule has 1 saturated heterocycles. The highest BCUT2D eigenvalue weighted by molar-refractivity contribution is 5.80. The summed E-state index contributed by atoms with van der Waals surface area (Å²) >= 11 is 0. The molecule has 0 spiro atoms. The summed E-state index contributed by atoms with van der Waals surface area (Å²) in [5.41, 5.74) is 0.928. The summed E-state index contributed by atoms with van der Waals surface area (Å²) in [5.74, 6) is 1.32. The van der Waals surface area contributed by atoms with E-state index in [1.54, 1.807) is 0 Å². The van der Waals surface area contributed by atoms with Gasteiger partial charge in [-0.2, -0.15) is 5.10 Å². The number of aromatic nitrogens is 3. The molecule has 2 heterocycles. The molecule has 5 nitrogen and oxygen atoms in total. The topological polar surface area (TPSA) is 61.9 Å². The van der Waals surface area contributed by atoms with Crippen LogP contribution < -0.4 is 0 Å². The van der Waals surface area contributed by atoms with Crippen LogP contribution in [-0.2, 0) is 4.79 Å². The molecule has 1 aromatic carbocycles. The first-order chi connectivity index (χ1) is 11.8. The lowest BCUT2D eigenvalue weighted by atomic mass is 9.84. The number of rotatable bonds is 4. The smallest absolute Gasteiger partial charge is 0.225 e. The molecule has 126 valence electrons. The second-order valence-electron chi connectivity index (χ2n) is 6.80. The number of hydrogen-bond donors (Lipinski definition) is 1. The maximum atomic E-state index is 13.5. The molecule has 0 unspecified atom stereocenters. The molecule has 4 rings (SSSR count). The maximum Gasteiger partial charge on any atom is 0.225 e. The number of alkyl halides is 1. The number of carbonyl (C=O) groups excluding carboxylic acids is 1. The molecule has 2 atom stereocenters. The summed E-state index contributed by atoms with van der Waals surface area (Å²) in [6, 6.07) is 9.70. The minimum absolute atomic E-state index is 0.107. The van der Waals surface area contributed by atoms with E-state index in [-0.39, 0.29) is 23.7 Å². The summed E-state index contributed by atoms with van der Waals surface area (Å²) < 4.78 is 13.5. The van der Waals surface area contributed by atoms with E-state index in [0.717, 1.165) is 24.8 Å². The fourth-order valence-corrected chi connectivity index (χ4v) is 3.59. The van der Waals surface area contributed by atoms with E-state index in [9.17, 15) is 9.18 Å². The van der Waals surface area contributed by atoms with Gasteiger partial charge in [-0.15, -0.1) is 0 Å². The van der Waals surface area contributed by atoms with Gasteiger partial charge in [0.25, 0.3) is 0 Å². The van der Waals surface area contributed by atoms with E-state index < -0.39 is 6.67 Å².